The van der Waals surface area contributed by atoms with Crippen LogP contribution in [0, 0.1) is 0 Å². The second-order valence-corrected chi connectivity index (χ2v) is 6.27. The van der Waals surface area contributed by atoms with Crippen LogP contribution in [-0.4, -0.2) is 45.0 Å². The van der Waals surface area contributed by atoms with Gasteiger partial charge in [0.05, 0.1) is 12.6 Å². The Bertz CT molecular complexity index is 423. The highest BCUT2D eigenvalue weighted by atomic mass is 127. The zero-order valence-electron chi connectivity index (χ0n) is 13.8. The Hall–Kier alpha value is -0.380. The summed E-state index contributed by atoms with van der Waals surface area (Å²) < 4.78 is 11.2. The Kier molecular flexibility index (Phi) is 11.7. The lowest BCUT2D eigenvalue weighted by molar-refractivity contribution is -0.0320. The van der Waals surface area contributed by atoms with Crippen LogP contribution in [0.2, 0.25) is 0 Å². The van der Waals surface area contributed by atoms with E-state index in [9.17, 15) is 0 Å². The molecule has 0 amide bonds. The third kappa shape index (κ3) is 8.88. The fourth-order valence-corrected chi connectivity index (χ4v) is 2.90. The van der Waals surface area contributed by atoms with Crippen LogP contribution in [0.15, 0.2) is 22.5 Å². The number of rotatable bonds is 8. The average molecular weight is 453 g/mol. The van der Waals surface area contributed by atoms with Gasteiger partial charge in [0.15, 0.2) is 5.96 Å². The Morgan fingerprint density at radius 3 is 2.91 bits per heavy atom. The first-order chi connectivity index (χ1) is 10.9. The molecule has 1 aliphatic rings. The van der Waals surface area contributed by atoms with Gasteiger partial charge in [0.2, 0.25) is 0 Å². The van der Waals surface area contributed by atoms with Gasteiger partial charge in [-0.1, -0.05) is 6.07 Å². The van der Waals surface area contributed by atoms with Gasteiger partial charge in [-0.15, -0.1) is 35.3 Å². The molecule has 7 heteroatoms. The lowest BCUT2D eigenvalue weighted by atomic mass is 10.1. The van der Waals surface area contributed by atoms with E-state index in [0.29, 0.717) is 6.10 Å². The van der Waals surface area contributed by atoms with Crippen LogP contribution in [0.1, 0.15) is 31.1 Å². The minimum Gasteiger partial charge on any atom is -0.381 e. The number of nitrogens with one attached hydrogen (secondary N) is 2. The van der Waals surface area contributed by atoms with Crippen molar-refractivity contribution in [1.29, 1.82) is 0 Å². The van der Waals surface area contributed by atoms with E-state index in [2.05, 4.69) is 40.1 Å². The summed E-state index contributed by atoms with van der Waals surface area (Å²) in [4.78, 5) is 5.87. The molecular weight excluding hydrogens is 425 g/mol. The lowest BCUT2D eigenvalue weighted by Crippen LogP contribution is -2.38. The predicted octanol–water partition coefficient (Wildman–Crippen LogP) is 3.01. The van der Waals surface area contributed by atoms with Crippen LogP contribution < -0.4 is 10.6 Å². The van der Waals surface area contributed by atoms with Gasteiger partial charge in [-0.25, -0.2) is 4.99 Å². The first kappa shape index (κ1) is 20.7. The highest BCUT2D eigenvalue weighted by Crippen LogP contribution is 2.10. The molecule has 0 aromatic carbocycles. The molecule has 2 rings (SSSR count). The minimum atomic E-state index is 0. The van der Waals surface area contributed by atoms with Crippen molar-refractivity contribution in [1.82, 2.24) is 10.6 Å². The van der Waals surface area contributed by atoms with Gasteiger partial charge in [-0.3, -0.25) is 0 Å². The SMILES string of the molecule is CCNC(=NCc1cccs1)NCCCOC1CCOCC1.I. The Morgan fingerprint density at radius 2 is 2.22 bits per heavy atom. The Labute approximate surface area is 160 Å². The molecule has 2 N–H and O–H groups in total. The number of hydrogen-bond acceptors (Lipinski definition) is 4. The maximum Gasteiger partial charge on any atom is 0.191 e. The van der Waals surface area contributed by atoms with Gasteiger partial charge < -0.3 is 20.1 Å². The quantitative estimate of drug-likeness (QED) is 0.275. The van der Waals surface area contributed by atoms with Gasteiger partial charge >= 0.3 is 0 Å². The maximum absolute atomic E-state index is 5.86. The summed E-state index contributed by atoms with van der Waals surface area (Å²) in [7, 11) is 0. The van der Waals surface area contributed by atoms with Crippen LogP contribution in [0.4, 0.5) is 0 Å². The van der Waals surface area contributed by atoms with Crippen molar-refractivity contribution in [3.8, 4) is 0 Å². The molecule has 2 heterocycles. The van der Waals surface area contributed by atoms with E-state index in [4.69, 9.17) is 9.47 Å². The molecule has 0 aliphatic carbocycles. The number of hydrogen-bond donors (Lipinski definition) is 2. The number of halogens is 1. The lowest BCUT2D eigenvalue weighted by Gasteiger charge is -2.22. The van der Waals surface area contributed by atoms with Crippen LogP contribution in [0.3, 0.4) is 0 Å². The smallest absolute Gasteiger partial charge is 0.191 e. The summed E-state index contributed by atoms with van der Waals surface area (Å²) in [5.74, 6) is 0.877. The van der Waals surface area contributed by atoms with Gasteiger partial charge in [-0.2, -0.15) is 0 Å². The Balaban J connectivity index is 0.00000264. The van der Waals surface area contributed by atoms with Gasteiger partial charge in [-0.05, 0) is 37.6 Å². The van der Waals surface area contributed by atoms with Gasteiger partial charge in [0.25, 0.3) is 0 Å². The van der Waals surface area contributed by atoms with Crippen LogP contribution in [0.25, 0.3) is 0 Å². The van der Waals surface area contributed by atoms with E-state index in [-0.39, 0.29) is 24.0 Å². The normalized spacial score (nSPS) is 16.0. The monoisotopic (exact) mass is 453 g/mol. The molecule has 0 atom stereocenters. The van der Waals surface area contributed by atoms with Crippen molar-refractivity contribution in [2.24, 2.45) is 4.99 Å². The summed E-state index contributed by atoms with van der Waals surface area (Å²) in [6, 6.07) is 4.17. The average Bonchev–Trinajstić information content (AvgIpc) is 3.06. The first-order valence-electron chi connectivity index (χ1n) is 8.12. The van der Waals surface area contributed by atoms with E-state index in [1.807, 2.05) is 0 Å². The van der Waals surface area contributed by atoms with Crippen molar-refractivity contribution in [2.45, 2.75) is 38.8 Å². The highest BCUT2D eigenvalue weighted by Gasteiger charge is 2.13. The summed E-state index contributed by atoms with van der Waals surface area (Å²) in [6.45, 7) is 7.02. The molecule has 0 spiro atoms. The van der Waals surface area contributed by atoms with Crippen molar-refractivity contribution >= 4 is 41.3 Å². The van der Waals surface area contributed by atoms with Crippen molar-refractivity contribution < 1.29 is 9.47 Å². The molecule has 23 heavy (non-hydrogen) atoms. The van der Waals surface area contributed by atoms with Crippen molar-refractivity contribution in [3.63, 3.8) is 0 Å². The number of guanidine groups is 1. The third-order valence-corrected chi connectivity index (χ3v) is 4.31. The zero-order chi connectivity index (χ0) is 15.5. The molecule has 1 aromatic rings. The van der Waals surface area contributed by atoms with Crippen LogP contribution in [0.5, 0.6) is 0 Å². The van der Waals surface area contributed by atoms with Gasteiger partial charge in [0.1, 0.15) is 0 Å². The zero-order valence-corrected chi connectivity index (χ0v) is 16.9. The molecule has 0 saturated carbocycles. The molecule has 1 fully saturated rings. The Morgan fingerprint density at radius 1 is 1.39 bits per heavy atom. The molecule has 0 bridgehead atoms. The molecule has 1 aliphatic heterocycles. The summed E-state index contributed by atoms with van der Waals surface area (Å²) in [5.41, 5.74) is 0. The number of thiophene rings is 1. The van der Waals surface area contributed by atoms with Crippen LogP contribution >= 0.6 is 35.3 Å². The number of nitrogens with zero attached hydrogens (tertiary/aromatic N) is 1. The molecular formula is C16H28IN3O2S. The van der Waals surface area contributed by atoms with E-state index in [0.717, 1.165) is 64.7 Å². The van der Waals surface area contributed by atoms with E-state index in [1.54, 1.807) is 11.3 Å². The summed E-state index contributed by atoms with van der Waals surface area (Å²) in [6.07, 6.45) is 3.42. The second kappa shape index (κ2) is 13.0. The number of aliphatic imine (C=N–C) groups is 1. The molecule has 5 nitrogen and oxygen atoms in total. The molecule has 1 saturated heterocycles. The summed E-state index contributed by atoms with van der Waals surface area (Å²) >= 11 is 1.74. The van der Waals surface area contributed by atoms with E-state index >= 15 is 0 Å². The maximum atomic E-state index is 5.86. The fourth-order valence-electron chi connectivity index (χ4n) is 2.27. The molecule has 132 valence electrons. The molecule has 0 unspecified atom stereocenters. The van der Waals surface area contributed by atoms with Gasteiger partial charge in [0, 0.05) is 37.8 Å². The third-order valence-electron chi connectivity index (χ3n) is 3.45. The number of ether oxygens (including phenoxy) is 2. The molecule has 0 radical (unpaired) electrons. The van der Waals surface area contributed by atoms with Crippen molar-refractivity contribution in [2.75, 3.05) is 32.9 Å². The fraction of sp³-hybridized carbons (Fsp3) is 0.688. The highest BCUT2D eigenvalue weighted by molar-refractivity contribution is 14.0. The largest absolute Gasteiger partial charge is 0.381 e. The van der Waals surface area contributed by atoms with E-state index < -0.39 is 0 Å². The second-order valence-electron chi connectivity index (χ2n) is 5.24. The van der Waals surface area contributed by atoms with E-state index in [1.165, 1.54) is 4.88 Å². The standard InChI is InChI=1S/C16H27N3O2S.HI/c1-2-17-16(19-13-15-5-3-12-22-15)18-8-4-9-21-14-6-10-20-11-7-14;/h3,5,12,14H,2,4,6-11,13H2,1H3,(H2,17,18,19);1H. The van der Waals surface area contributed by atoms with Crippen LogP contribution in [-0.2, 0) is 16.0 Å². The molecule has 1 aromatic heterocycles. The topological polar surface area (TPSA) is 54.9 Å². The minimum absolute atomic E-state index is 0. The summed E-state index contributed by atoms with van der Waals surface area (Å²) in [5, 5.41) is 8.71. The van der Waals surface area contributed by atoms with Crippen molar-refractivity contribution in [3.05, 3.63) is 22.4 Å². The first-order valence-corrected chi connectivity index (χ1v) is 9.00. The predicted molar refractivity (Wildman–Crippen MR) is 107 cm³/mol.